The van der Waals surface area contributed by atoms with Crippen LogP contribution in [0, 0.1) is 12.7 Å². The van der Waals surface area contributed by atoms with Crippen LogP contribution in [0.1, 0.15) is 34.1 Å². The first-order chi connectivity index (χ1) is 15.9. The smallest absolute Gasteiger partial charge is 0.271 e. The van der Waals surface area contributed by atoms with Gasteiger partial charge >= 0.3 is 0 Å². The summed E-state index contributed by atoms with van der Waals surface area (Å²) in [6, 6.07) is 21.1. The molecule has 0 aliphatic carbocycles. The van der Waals surface area contributed by atoms with Gasteiger partial charge in [0.05, 0.1) is 12.8 Å². The molecule has 0 radical (unpaired) electrons. The highest BCUT2D eigenvalue weighted by molar-refractivity contribution is 6.02. The Bertz CT molecular complexity index is 1370. The Morgan fingerprint density at radius 2 is 1.79 bits per heavy atom. The third kappa shape index (κ3) is 4.82. The molecule has 0 bridgehead atoms. The number of hydrogen-bond donors (Lipinski definition) is 2. The molecule has 0 atom stereocenters. The molecule has 4 aromatic rings. The minimum atomic E-state index is -0.397. The molecule has 33 heavy (non-hydrogen) atoms. The summed E-state index contributed by atoms with van der Waals surface area (Å²) >= 11 is 0. The lowest BCUT2D eigenvalue weighted by atomic mass is 10.1. The zero-order valence-corrected chi connectivity index (χ0v) is 18.3. The number of carbonyl (C=O) groups is 2. The zero-order chi connectivity index (χ0) is 23.4. The van der Waals surface area contributed by atoms with Crippen LogP contribution in [0.4, 0.5) is 10.1 Å². The summed E-state index contributed by atoms with van der Waals surface area (Å²) in [5, 5.41) is 7.76. The third-order valence-corrected chi connectivity index (χ3v) is 5.37. The van der Waals surface area contributed by atoms with Gasteiger partial charge in [-0.25, -0.2) is 9.82 Å². The standard InChI is InChI=1S/C26H23FN4O2/c1-17-23(15-28-30-26(33)19-9-7-10-21(14-19)29-18(2)32)22-11-4-6-13-25(22)31(17)16-20-8-3-5-12-24(20)27/h3-15H,16H2,1-2H3,(H,29,32)(H,30,33)/b28-15-. The van der Waals surface area contributed by atoms with Crippen molar-refractivity contribution < 1.29 is 14.0 Å². The molecule has 1 heterocycles. The number of halogens is 1. The van der Waals surface area contributed by atoms with E-state index >= 15 is 0 Å². The number of amides is 2. The summed E-state index contributed by atoms with van der Waals surface area (Å²) < 4.78 is 16.3. The number of para-hydroxylation sites is 1. The van der Waals surface area contributed by atoms with Crippen LogP contribution in [0.5, 0.6) is 0 Å². The van der Waals surface area contributed by atoms with Crippen LogP contribution in [0.25, 0.3) is 10.9 Å². The molecule has 0 aliphatic rings. The number of benzene rings is 3. The Balaban J connectivity index is 1.59. The minimum absolute atomic E-state index is 0.215. The lowest BCUT2D eigenvalue weighted by Crippen LogP contribution is -2.18. The van der Waals surface area contributed by atoms with Gasteiger partial charge in [0.15, 0.2) is 0 Å². The van der Waals surface area contributed by atoms with Gasteiger partial charge in [-0.3, -0.25) is 9.59 Å². The molecular formula is C26H23FN4O2. The SMILES string of the molecule is CC(=O)Nc1cccc(C(=O)N/N=C\c2c(C)n(Cc3ccccc3F)c3ccccc23)c1. The van der Waals surface area contributed by atoms with Crippen molar-refractivity contribution in [2.45, 2.75) is 20.4 Å². The van der Waals surface area contributed by atoms with Crippen molar-refractivity contribution in [1.82, 2.24) is 9.99 Å². The van der Waals surface area contributed by atoms with E-state index in [2.05, 4.69) is 15.8 Å². The van der Waals surface area contributed by atoms with Gasteiger partial charge in [-0.1, -0.05) is 42.5 Å². The number of hydrazone groups is 1. The molecule has 0 aliphatic heterocycles. The normalized spacial score (nSPS) is 11.1. The fourth-order valence-corrected chi connectivity index (χ4v) is 3.78. The molecule has 7 heteroatoms. The van der Waals surface area contributed by atoms with Crippen LogP contribution in [0.2, 0.25) is 0 Å². The van der Waals surface area contributed by atoms with Gasteiger partial charge in [0, 0.05) is 45.9 Å². The highest BCUT2D eigenvalue weighted by atomic mass is 19.1. The van der Waals surface area contributed by atoms with Crippen molar-refractivity contribution in [1.29, 1.82) is 0 Å². The van der Waals surface area contributed by atoms with Gasteiger partial charge in [0.25, 0.3) is 5.91 Å². The topological polar surface area (TPSA) is 75.5 Å². The Morgan fingerprint density at radius 1 is 1.03 bits per heavy atom. The number of hydrogen-bond acceptors (Lipinski definition) is 3. The van der Waals surface area contributed by atoms with Crippen LogP contribution in [0.15, 0.2) is 77.9 Å². The van der Waals surface area contributed by atoms with Crippen molar-refractivity contribution in [3.8, 4) is 0 Å². The van der Waals surface area contributed by atoms with E-state index < -0.39 is 5.91 Å². The third-order valence-electron chi connectivity index (χ3n) is 5.37. The summed E-state index contributed by atoms with van der Waals surface area (Å²) in [5.41, 5.74) is 6.74. The summed E-state index contributed by atoms with van der Waals surface area (Å²) in [5.74, 6) is -0.863. The van der Waals surface area contributed by atoms with Gasteiger partial charge in [0.1, 0.15) is 5.82 Å². The number of nitrogens with one attached hydrogen (secondary N) is 2. The first kappa shape index (κ1) is 22.0. The lowest BCUT2D eigenvalue weighted by Gasteiger charge is -2.09. The average Bonchev–Trinajstić information content (AvgIpc) is 3.06. The Kier molecular flexibility index (Phi) is 6.31. The first-order valence-electron chi connectivity index (χ1n) is 10.5. The highest BCUT2D eigenvalue weighted by Crippen LogP contribution is 2.26. The maximum Gasteiger partial charge on any atom is 0.271 e. The van der Waals surface area contributed by atoms with Gasteiger partial charge < -0.3 is 9.88 Å². The first-order valence-corrected chi connectivity index (χ1v) is 10.5. The number of nitrogens with zero attached hydrogens (tertiary/aromatic N) is 2. The fraction of sp³-hybridized carbons (Fsp3) is 0.115. The summed E-state index contributed by atoms with van der Waals surface area (Å²) in [6.45, 7) is 3.73. The molecule has 166 valence electrons. The summed E-state index contributed by atoms with van der Waals surface area (Å²) in [6.07, 6.45) is 1.60. The molecular weight excluding hydrogens is 419 g/mol. The minimum Gasteiger partial charge on any atom is -0.340 e. The van der Waals surface area contributed by atoms with Crippen molar-refractivity contribution in [2.24, 2.45) is 5.10 Å². The predicted molar refractivity (Wildman–Crippen MR) is 128 cm³/mol. The maximum absolute atomic E-state index is 14.3. The quantitative estimate of drug-likeness (QED) is 0.331. The summed E-state index contributed by atoms with van der Waals surface area (Å²) in [7, 11) is 0. The molecule has 2 amide bonds. The second-order valence-corrected chi connectivity index (χ2v) is 7.65. The van der Waals surface area contributed by atoms with E-state index in [4.69, 9.17) is 0 Å². The number of aromatic nitrogens is 1. The van der Waals surface area contributed by atoms with Crippen molar-refractivity contribution in [3.05, 3.63) is 101 Å². The number of anilines is 1. The Hall–Kier alpha value is -4.26. The molecule has 3 aromatic carbocycles. The summed E-state index contributed by atoms with van der Waals surface area (Å²) in [4.78, 5) is 23.8. The molecule has 0 spiro atoms. The molecule has 1 aromatic heterocycles. The van der Waals surface area contributed by atoms with Crippen LogP contribution in [0.3, 0.4) is 0 Å². The Morgan fingerprint density at radius 3 is 2.58 bits per heavy atom. The highest BCUT2D eigenvalue weighted by Gasteiger charge is 2.14. The maximum atomic E-state index is 14.3. The van der Waals surface area contributed by atoms with Crippen LogP contribution in [-0.4, -0.2) is 22.6 Å². The van der Waals surface area contributed by atoms with Gasteiger partial charge in [-0.05, 0) is 37.3 Å². The lowest BCUT2D eigenvalue weighted by molar-refractivity contribution is -0.114. The largest absolute Gasteiger partial charge is 0.340 e. The van der Waals surface area contributed by atoms with Crippen LogP contribution in [-0.2, 0) is 11.3 Å². The number of fused-ring (bicyclic) bond motifs is 1. The Labute approximate surface area is 190 Å². The molecule has 0 fully saturated rings. The van der Waals surface area contributed by atoms with E-state index in [1.165, 1.54) is 13.0 Å². The number of carbonyl (C=O) groups excluding carboxylic acids is 2. The fourth-order valence-electron chi connectivity index (χ4n) is 3.78. The van der Waals surface area contributed by atoms with Crippen LogP contribution >= 0.6 is 0 Å². The van der Waals surface area contributed by atoms with Crippen molar-refractivity contribution in [3.63, 3.8) is 0 Å². The molecule has 0 saturated heterocycles. The molecule has 6 nitrogen and oxygen atoms in total. The monoisotopic (exact) mass is 442 g/mol. The van der Waals surface area contributed by atoms with Gasteiger partial charge in [-0.15, -0.1) is 0 Å². The molecule has 2 N–H and O–H groups in total. The van der Waals surface area contributed by atoms with Gasteiger partial charge in [-0.2, -0.15) is 5.10 Å². The van der Waals surface area contributed by atoms with E-state index in [9.17, 15) is 14.0 Å². The molecule has 4 rings (SSSR count). The van der Waals surface area contributed by atoms with E-state index in [0.717, 1.165) is 22.2 Å². The number of rotatable bonds is 6. The molecule has 0 saturated carbocycles. The zero-order valence-electron chi connectivity index (χ0n) is 18.3. The second kappa shape index (κ2) is 9.48. The van der Waals surface area contributed by atoms with Gasteiger partial charge in [0.2, 0.25) is 5.91 Å². The average molecular weight is 442 g/mol. The van der Waals surface area contributed by atoms with E-state index in [1.807, 2.05) is 41.8 Å². The van der Waals surface area contributed by atoms with E-state index in [-0.39, 0.29) is 11.7 Å². The van der Waals surface area contributed by atoms with E-state index in [1.54, 1.807) is 42.6 Å². The second-order valence-electron chi connectivity index (χ2n) is 7.65. The van der Waals surface area contributed by atoms with Crippen molar-refractivity contribution in [2.75, 3.05) is 5.32 Å². The van der Waals surface area contributed by atoms with E-state index in [0.29, 0.717) is 23.4 Å². The van der Waals surface area contributed by atoms with Crippen molar-refractivity contribution >= 4 is 34.6 Å². The molecule has 0 unspecified atom stereocenters. The van der Waals surface area contributed by atoms with Crippen LogP contribution < -0.4 is 10.7 Å². The predicted octanol–water partition coefficient (Wildman–Crippen LogP) is 4.86.